The Labute approximate surface area is 151 Å². The Morgan fingerprint density at radius 2 is 1.96 bits per heavy atom. The Bertz CT molecular complexity index is 667. The number of benzene rings is 1. The fraction of sp³-hybridized carbons (Fsp3) is 0.389. The van der Waals surface area contributed by atoms with Crippen LogP contribution in [0.4, 0.5) is 0 Å². The predicted octanol–water partition coefficient (Wildman–Crippen LogP) is 3.34. The number of rotatable bonds is 4. The third-order valence-electron chi connectivity index (χ3n) is 4.24. The van der Waals surface area contributed by atoms with Crippen LogP contribution < -0.4 is 5.32 Å². The Morgan fingerprint density at radius 3 is 2.67 bits per heavy atom. The largest absolute Gasteiger partial charge is 0.352 e. The molecule has 1 aliphatic carbocycles. The lowest BCUT2D eigenvalue weighted by Gasteiger charge is -2.24. The second kappa shape index (κ2) is 7.94. The third-order valence-corrected chi connectivity index (χ3v) is 5.62. The summed E-state index contributed by atoms with van der Waals surface area (Å²) in [6.45, 7) is 0.00724. The first-order valence-corrected chi connectivity index (χ1v) is 9.46. The molecule has 2 aliphatic rings. The number of thiocarbonyl (C=S) groups is 1. The fourth-order valence-corrected chi connectivity index (χ4v) is 4.26. The van der Waals surface area contributed by atoms with Crippen molar-refractivity contribution in [3.05, 3.63) is 40.8 Å². The van der Waals surface area contributed by atoms with E-state index in [2.05, 4.69) is 5.32 Å². The monoisotopic (exact) mass is 360 g/mol. The average molecular weight is 361 g/mol. The van der Waals surface area contributed by atoms with E-state index in [1.54, 1.807) is 0 Å². The molecule has 0 radical (unpaired) electrons. The smallest absolute Gasteiger partial charge is 0.266 e. The van der Waals surface area contributed by atoms with Crippen LogP contribution in [-0.4, -0.2) is 33.6 Å². The molecular formula is C18H20N2O2S2. The van der Waals surface area contributed by atoms with E-state index in [1.165, 1.54) is 23.1 Å². The molecule has 1 saturated carbocycles. The average Bonchev–Trinajstić information content (AvgIpc) is 2.84. The molecule has 3 rings (SSSR count). The van der Waals surface area contributed by atoms with Crippen molar-refractivity contribution in [2.24, 2.45) is 0 Å². The molecule has 1 aromatic carbocycles. The zero-order valence-corrected chi connectivity index (χ0v) is 15.0. The molecule has 1 aromatic rings. The van der Waals surface area contributed by atoms with E-state index in [0.717, 1.165) is 31.2 Å². The topological polar surface area (TPSA) is 49.4 Å². The van der Waals surface area contributed by atoms with E-state index in [-0.39, 0.29) is 24.4 Å². The van der Waals surface area contributed by atoms with Gasteiger partial charge < -0.3 is 5.32 Å². The van der Waals surface area contributed by atoms with Crippen LogP contribution >= 0.6 is 24.0 Å². The zero-order chi connectivity index (χ0) is 16.9. The highest BCUT2D eigenvalue weighted by molar-refractivity contribution is 8.26. The number of carbonyl (C=O) groups is 2. The van der Waals surface area contributed by atoms with Gasteiger partial charge in [-0.05, 0) is 24.5 Å². The van der Waals surface area contributed by atoms with Crippen LogP contribution in [0.5, 0.6) is 0 Å². The lowest BCUT2D eigenvalue weighted by molar-refractivity contribution is -0.129. The molecule has 4 nitrogen and oxygen atoms in total. The SMILES string of the molecule is O=C(CN1C(=O)/C(=C/c2ccccc2)SC1=S)NC1CCCCC1. The van der Waals surface area contributed by atoms with E-state index in [1.807, 2.05) is 36.4 Å². The lowest BCUT2D eigenvalue weighted by atomic mass is 9.95. The van der Waals surface area contributed by atoms with Gasteiger partial charge in [-0.15, -0.1) is 0 Å². The molecule has 1 N–H and O–H groups in total. The summed E-state index contributed by atoms with van der Waals surface area (Å²) < 4.78 is 0.445. The highest BCUT2D eigenvalue weighted by atomic mass is 32.2. The third kappa shape index (κ3) is 4.24. The fourth-order valence-electron chi connectivity index (χ4n) is 3.00. The normalized spacial score (nSPS) is 20.7. The predicted molar refractivity (Wildman–Crippen MR) is 101 cm³/mol. The van der Waals surface area contributed by atoms with E-state index in [9.17, 15) is 9.59 Å². The van der Waals surface area contributed by atoms with Crippen molar-refractivity contribution >= 4 is 46.2 Å². The number of carbonyl (C=O) groups excluding carboxylic acids is 2. The Morgan fingerprint density at radius 1 is 1.25 bits per heavy atom. The molecule has 2 fully saturated rings. The maximum absolute atomic E-state index is 12.5. The minimum Gasteiger partial charge on any atom is -0.352 e. The number of amides is 2. The van der Waals surface area contributed by atoms with Gasteiger partial charge in [0.1, 0.15) is 10.9 Å². The van der Waals surface area contributed by atoms with Gasteiger partial charge in [0.15, 0.2) is 0 Å². The Balaban J connectivity index is 1.61. The summed E-state index contributed by atoms with van der Waals surface area (Å²) in [5.41, 5.74) is 0.949. The molecule has 0 aromatic heterocycles. The highest BCUT2D eigenvalue weighted by Gasteiger charge is 2.33. The number of nitrogens with zero attached hydrogens (tertiary/aromatic N) is 1. The molecule has 24 heavy (non-hydrogen) atoms. The highest BCUT2D eigenvalue weighted by Crippen LogP contribution is 2.32. The van der Waals surface area contributed by atoms with Gasteiger partial charge in [0.2, 0.25) is 5.91 Å². The molecule has 0 spiro atoms. The first kappa shape index (κ1) is 17.2. The van der Waals surface area contributed by atoms with Crippen molar-refractivity contribution in [3.8, 4) is 0 Å². The van der Waals surface area contributed by atoms with Crippen LogP contribution in [0, 0.1) is 0 Å². The molecule has 0 atom stereocenters. The summed E-state index contributed by atoms with van der Waals surface area (Å²) in [4.78, 5) is 26.7. The summed E-state index contributed by atoms with van der Waals surface area (Å²) in [6, 6.07) is 9.88. The maximum atomic E-state index is 12.5. The molecule has 0 bridgehead atoms. The summed E-state index contributed by atoms with van der Waals surface area (Å²) >= 11 is 6.53. The minimum absolute atomic E-state index is 0.00724. The second-order valence-electron chi connectivity index (χ2n) is 6.08. The van der Waals surface area contributed by atoms with Crippen molar-refractivity contribution in [1.29, 1.82) is 0 Å². The van der Waals surface area contributed by atoms with Crippen molar-refractivity contribution in [3.63, 3.8) is 0 Å². The molecule has 2 amide bonds. The Kier molecular flexibility index (Phi) is 5.68. The van der Waals surface area contributed by atoms with Crippen LogP contribution in [0.1, 0.15) is 37.7 Å². The molecule has 1 aliphatic heterocycles. The maximum Gasteiger partial charge on any atom is 0.266 e. The standard InChI is InChI=1S/C18H20N2O2S2/c21-16(19-14-9-5-2-6-10-14)12-20-17(22)15(24-18(20)23)11-13-7-3-1-4-8-13/h1,3-4,7-8,11,14H,2,5-6,9-10,12H2,(H,19,21)/b15-11-. The lowest BCUT2D eigenvalue weighted by Crippen LogP contribution is -2.44. The van der Waals surface area contributed by atoms with Crippen molar-refractivity contribution in [2.45, 2.75) is 38.1 Å². The first-order valence-electron chi connectivity index (χ1n) is 8.23. The van der Waals surface area contributed by atoms with E-state index >= 15 is 0 Å². The van der Waals surface area contributed by atoms with Gasteiger partial charge in [0, 0.05) is 6.04 Å². The van der Waals surface area contributed by atoms with E-state index in [0.29, 0.717) is 9.23 Å². The minimum atomic E-state index is -0.187. The van der Waals surface area contributed by atoms with Crippen molar-refractivity contribution in [2.75, 3.05) is 6.54 Å². The van der Waals surface area contributed by atoms with E-state index < -0.39 is 0 Å². The van der Waals surface area contributed by atoms with Gasteiger partial charge in [-0.2, -0.15) is 0 Å². The Hall–Kier alpha value is -1.66. The molecule has 6 heteroatoms. The van der Waals surface area contributed by atoms with Gasteiger partial charge >= 0.3 is 0 Å². The summed E-state index contributed by atoms with van der Waals surface area (Å²) in [7, 11) is 0. The van der Waals surface area contributed by atoms with Gasteiger partial charge in [-0.25, -0.2) is 0 Å². The molecule has 1 heterocycles. The van der Waals surface area contributed by atoms with Crippen LogP contribution in [-0.2, 0) is 9.59 Å². The van der Waals surface area contributed by atoms with Crippen LogP contribution in [0.25, 0.3) is 6.08 Å². The molecular weight excluding hydrogens is 340 g/mol. The van der Waals surface area contributed by atoms with Gasteiger partial charge in [0.05, 0.1) is 4.91 Å². The summed E-state index contributed by atoms with van der Waals surface area (Å²) in [5.74, 6) is -0.313. The van der Waals surface area contributed by atoms with Gasteiger partial charge in [0.25, 0.3) is 5.91 Å². The molecule has 0 unspecified atom stereocenters. The zero-order valence-electron chi connectivity index (χ0n) is 13.4. The van der Waals surface area contributed by atoms with Crippen molar-refractivity contribution in [1.82, 2.24) is 10.2 Å². The van der Waals surface area contributed by atoms with Gasteiger partial charge in [-0.3, -0.25) is 14.5 Å². The number of hydrogen-bond donors (Lipinski definition) is 1. The van der Waals surface area contributed by atoms with Crippen LogP contribution in [0.3, 0.4) is 0 Å². The second-order valence-corrected chi connectivity index (χ2v) is 7.76. The quantitative estimate of drug-likeness (QED) is 0.661. The number of thioether (sulfide) groups is 1. The molecule has 126 valence electrons. The van der Waals surface area contributed by atoms with Crippen molar-refractivity contribution < 1.29 is 9.59 Å². The van der Waals surface area contributed by atoms with Crippen LogP contribution in [0.2, 0.25) is 0 Å². The number of nitrogens with one attached hydrogen (secondary N) is 1. The molecule has 1 saturated heterocycles. The number of hydrogen-bond acceptors (Lipinski definition) is 4. The first-order chi connectivity index (χ1) is 11.6. The van der Waals surface area contributed by atoms with E-state index in [4.69, 9.17) is 12.2 Å². The van der Waals surface area contributed by atoms with Crippen LogP contribution in [0.15, 0.2) is 35.2 Å². The van der Waals surface area contributed by atoms with Gasteiger partial charge in [-0.1, -0.05) is 73.6 Å². The summed E-state index contributed by atoms with van der Waals surface area (Å²) in [6.07, 6.45) is 7.43. The summed E-state index contributed by atoms with van der Waals surface area (Å²) in [5, 5.41) is 3.03.